The summed E-state index contributed by atoms with van der Waals surface area (Å²) < 4.78 is 5.21. The molecule has 0 unspecified atom stereocenters. The molecule has 0 atom stereocenters. The summed E-state index contributed by atoms with van der Waals surface area (Å²) in [5, 5.41) is 22.6. The molecule has 0 aliphatic rings. The zero-order valence-electron chi connectivity index (χ0n) is 13.5. The maximum absolute atomic E-state index is 11.6. The minimum absolute atomic E-state index is 0.0846. The molecule has 23 heavy (non-hydrogen) atoms. The van der Waals surface area contributed by atoms with E-state index in [4.69, 9.17) is 4.74 Å². The predicted molar refractivity (Wildman–Crippen MR) is 89.1 cm³/mol. The highest BCUT2D eigenvalue weighted by atomic mass is 16.6. The SMILES string of the molecule is CC(C)(C)OC(=O)CNCc1ccc2cccc(B(O)O)c2n1. The Kier molecular flexibility index (Phi) is 5.36. The molecule has 3 N–H and O–H groups in total. The number of ether oxygens (including phenoxy) is 1. The molecule has 2 aromatic rings. The van der Waals surface area contributed by atoms with Crippen LogP contribution in [0.2, 0.25) is 0 Å². The summed E-state index contributed by atoms with van der Waals surface area (Å²) in [4.78, 5) is 16.1. The number of fused-ring (bicyclic) bond motifs is 1. The van der Waals surface area contributed by atoms with Crippen LogP contribution in [0.4, 0.5) is 0 Å². The lowest BCUT2D eigenvalue weighted by atomic mass is 9.79. The first-order valence-corrected chi connectivity index (χ1v) is 7.43. The highest BCUT2D eigenvalue weighted by molar-refractivity contribution is 6.61. The molecule has 0 aliphatic heterocycles. The molecule has 0 spiro atoms. The molecule has 122 valence electrons. The van der Waals surface area contributed by atoms with Gasteiger partial charge in [0, 0.05) is 12.0 Å². The summed E-state index contributed by atoms with van der Waals surface area (Å²) in [5.41, 5.74) is 1.09. The number of hydrogen-bond donors (Lipinski definition) is 3. The Hall–Kier alpha value is -1.96. The molecule has 1 aromatic carbocycles. The number of aromatic nitrogens is 1. The first-order chi connectivity index (χ1) is 10.8. The second-order valence-corrected chi connectivity index (χ2v) is 6.29. The van der Waals surface area contributed by atoms with Crippen LogP contribution in [-0.4, -0.2) is 40.3 Å². The molecule has 0 bridgehead atoms. The van der Waals surface area contributed by atoms with E-state index in [1.807, 2.05) is 39.0 Å². The van der Waals surface area contributed by atoms with Crippen LogP contribution >= 0.6 is 0 Å². The van der Waals surface area contributed by atoms with E-state index >= 15 is 0 Å². The minimum Gasteiger partial charge on any atom is -0.459 e. The van der Waals surface area contributed by atoms with Crippen molar-refractivity contribution in [1.82, 2.24) is 10.3 Å². The Labute approximate surface area is 135 Å². The zero-order chi connectivity index (χ0) is 17.0. The molecule has 6 nitrogen and oxygen atoms in total. The molecule has 0 saturated heterocycles. The van der Waals surface area contributed by atoms with Crippen molar-refractivity contribution in [3.63, 3.8) is 0 Å². The highest BCUT2D eigenvalue weighted by Crippen LogP contribution is 2.11. The quantitative estimate of drug-likeness (QED) is 0.544. The van der Waals surface area contributed by atoms with Crippen LogP contribution in [0.5, 0.6) is 0 Å². The molecule has 0 aliphatic carbocycles. The molecular formula is C16H21BN2O4. The van der Waals surface area contributed by atoms with Crippen molar-refractivity contribution in [2.75, 3.05) is 6.54 Å². The summed E-state index contributed by atoms with van der Waals surface area (Å²) in [6.07, 6.45) is 0. The highest BCUT2D eigenvalue weighted by Gasteiger charge is 2.17. The van der Waals surface area contributed by atoms with Crippen LogP contribution in [0.3, 0.4) is 0 Å². The van der Waals surface area contributed by atoms with Gasteiger partial charge in [-0.3, -0.25) is 9.78 Å². The van der Waals surface area contributed by atoms with E-state index in [2.05, 4.69) is 10.3 Å². The average Bonchev–Trinajstić information content (AvgIpc) is 2.44. The van der Waals surface area contributed by atoms with Gasteiger partial charge in [0.1, 0.15) is 5.60 Å². The number of pyridine rings is 1. The van der Waals surface area contributed by atoms with Crippen molar-refractivity contribution < 1.29 is 19.6 Å². The van der Waals surface area contributed by atoms with Crippen molar-refractivity contribution in [2.45, 2.75) is 32.9 Å². The number of hydrogen-bond acceptors (Lipinski definition) is 6. The van der Waals surface area contributed by atoms with E-state index in [1.54, 1.807) is 12.1 Å². The minimum atomic E-state index is -1.57. The maximum Gasteiger partial charge on any atom is 0.490 e. The third-order valence-corrected chi connectivity index (χ3v) is 3.08. The molecule has 0 radical (unpaired) electrons. The third kappa shape index (κ3) is 5.02. The Bertz CT molecular complexity index is 698. The molecule has 1 aromatic heterocycles. The smallest absolute Gasteiger partial charge is 0.459 e. The van der Waals surface area contributed by atoms with Crippen LogP contribution in [0.15, 0.2) is 30.3 Å². The van der Waals surface area contributed by atoms with Gasteiger partial charge in [0.15, 0.2) is 0 Å². The lowest BCUT2D eigenvalue weighted by Gasteiger charge is -2.19. The van der Waals surface area contributed by atoms with Gasteiger partial charge in [0.25, 0.3) is 0 Å². The van der Waals surface area contributed by atoms with Gasteiger partial charge >= 0.3 is 13.1 Å². The van der Waals surface area contributed by atoms with E-state index < -0.39 is 12.7 Å². The average molecular weight is 316 g/mol. The fourth-order valence-electron chi connectivity index (χ4n) is 2.19. The van der Waals surface area contributed by atoms with Gasteiger partial charge in [-0.15, -0.1) is 0 Å². The lowest BCUT2D eigenvalue weighted by molar-refractivity contribution is -0.153. The summed E-state index contributed by atoms with van der Waals surface area (Å²) >= 11 is 0. The fraction of sp³-hybridized carbons (Fsp3) is 0.375. The summed E-state index contributed by atoms with van der Waals surface area (Å²) in [5.74, 6) is -0.329. The van der Waals surface area contributed by atoms with E-state index in [9.17, 15) is 14.8 Å². The second kappa shape index (κ2) is 7.08. The number of esters is 1. The number of para-hydroxylation sites is 1. The van der Waals surface area contributed by atoms with Crippen LogP contribution in [0, 0.1) is 0 Å². The molecule has 0 fully saturated rings. The fourth-order valence-corrected chi connectivity index (χ4v) is 2.19. The largest absolute Gasteiger partial charge is 0.490 e. The monoisotopic (exact) mass is 316 g/mol. The van der Waals surface area contributed by atoms with Gasteiger partial charge < -0.3 is 20.1 Å². The lowest BCUT2D eigenvalue weighted by Crippen LogP contribution is -2.32. The number of rotatable bonds is 5. The van der Waals surface area contributed by atoms with Gasteiger partial charge in [-0.1, -0.05) is 24.3 Å². The van der Waals surface area contributed by atoms with E-state index in [1.165, 1.54) is 0 Å². The normalized spacial score (nSPS) is 11.5. The first kappa shape index (κ1) is 17.4. The number of nitrogens with zero attached hydrogens (tertiary/aromatic N) is 1. The third-order valence-electron chi connectivity index (χ3n) is 3.08. The van der Waals surface area contributed by atoms with E-state index in [0.717, 1.165) is 5.39 Å². The molecule has 0 saturated carbocycles. The van der Waals surface area contributed by atoms with Crippen LogP contribution in [-0.2, 0) is 16.1 Å². The predicted octanol–water partition coefficient (Wildman–Crippen LogP) is 0.346. The molecular weight excluding hydrogens is 295 g/mol. The molecule has 0 amide bonds. The number of carbonyl (C=O) groups excluding carboxylic acids is 1. The molecule has 7 heteroatoms. The zero-order valence-corrected chi connectivity index (χ0v) is 13.5. The summed E-state index contributed by atoms with van der Waals surface area (Å²) in [6, 6.07) is 8.92. The second-order valence-electron chi connectivity index (χ2n) is 6.29. The van der Waals surface area contributed by atoms with Gasteiger partial charge in [-0.05, 0) is 32.2 Å². The Balaban J connectivity index is 2.04. The standard InChI is InChI=1S/C16H21BN2O4/c1-16(2,3)23-14(20)10-18-9-12-8-7-11-5-4-6-13(17(21)22)15(11)19-12/h4-8,18,21-22H,9-10H2,1-3H3. The van der Waals surface area contributed by atoms with Crippen molar-refractivity contribution in [1.29, 1.82) is 0 Å². The van der Waals surface area contributed by atoms with Crippen molar-refractivity contribution >= 4 is 29.5 Å². The van der Waals surface area contributed by atoms with Gasteiger partial charge in [-0.25, -0.2) is 0 Å². The number of nitrogens with one attached hydrogen (secondary N) is 1. The van der Waals surface area contributed by atoms with Crippen LogP contribution < -0.4 is 10.8 Å². The van der Waals surface area contributed by atoms with Crippen LogP contribution in [0.1, 0.15) is 26.5 Å². The Morgan fingerprint density at radius 3 is 2.65 bits per heavy atom. The topological polar surface area (TPSA) is 91.7 Å². The molecule has 2 rings (SSSR count). The van der Waals surface area contributed by atoms with Crippen molar-refractivity contribution in [2.24, 2.45) is 0 Å². The van der Waals surface area contributed by atoms with E-state index in [-0.39, 0.29) is 12.5 Å². The van der Waals surface area contributed by atoms with Gasteiger partial charge in [-0.2, -0.15) is 0 Å². The number of carbonyl (C=O) groups is 1. The van der Waals surface area contributed by atoms with Crippen molar-refractivity contribution in [3.8, 4) is 0 Å². The summed E-state index contributed by atoms with van der Waals surface area (Å²) in [7, 11) is -1.57. The van der Waals surface area contributed by atoms with E-state index in [0.29, 0.717) is 23.2 Å². The summed E-state index contributed by atoms with van der Waals surface area (Å²) in [6.45, 7) is 5.92. The Morgan fingerprint density at radius 1 is 1.26 bits per heavy atom. The van der Waals surface area contributed by atoms with Gasteiger partial charge in [0.05, 0.1) is 17.8 Å². The molecule has 1 heterocycles. The van der Waals surface area contributed by atoms with Gasteiger partial charge in [0.2, 0.25) is 0 Å². The van der Waals surface area contributed by atoms with Crippen LogP contribution in [0.25, 0.3) is 10.9 Å². The number of benzene rings is 1. The Morgan fingerprint density at radius 2 is 2.00 bits per heavy atom. The maximum atomic E-state index is 11.6. The van der Waals surface area contributed by atoms with Crippen molar-refractivity contribution in [3.05, 3.63) is 36.0 Å². The first-order valence-electron chi connectivity index (χ1n) is 7.43.